The van der Waals surface area contributed by atoms with Gasteiger partial charge in [0.05, 0.1) is 12.3 Å². The van der Waals surface area contributed by atoms with Crippen LogP contribution in [0.25, 0.3) is 17.3 Å². The Kier molecular flexibility index (Phi) is 11.9. The third kappa shape index (κ3) is 9.22. The van der Waals surface area contributed by atoms with E-state index in [0.717, 1.165) is 26.6 Å². The molecule has 0 aliphatic carbocycles. The summed E-state index contributed by atoms with van der Waals surface area (Å²) in [5.74, 6) is -0.593. The van der Waals surface area contributed by atoms with Crippen molar-refractivity contribution in [1.29, 1.82) is 0 Å². The highest BCUT2D eigenvalue weighted by atomic mass is 32.2. The van der Waals surface area contributed by atoms with Crippen LogP contribution in [0.2, 0.25) is 0 Å². The molecule has 0 spiro atoms. The van der Waals surface area contributed by atoms with Crippen LogP contribution in [-0.2, 0) is 9.59 Å². The number of rotatable bonds is 13. The highest BCUT2D eigenvalue weighted by molar-refractivity contribution is 8.00. The molecule has 52 heavy (non-hydrogen) atoms. The second-order valence-electron chi connectivity index (χ2n) is 11.5. The summed E-state index contributed by atoms with van der Waals surface area (Å²) < 4.78 is 5.77. The van der Waals surface area contributed by atoms with Gasteiger partial charge in [0.25, 0.3) is 11.8 Å². The van der Waals surface area contributed by atoms with Crippen LogP contribution in [0, 0.1) is 6.92 Å². The normalized spacial score (nSPS) is 11.7. The zero-order valence-electron chi connectivity index (χ0n) is 28.5. The molecule has 0 radical (unpaired) electrons. The number of ether oxygens (including phenoxy) is 1. The highest BCUT2D eigenvalue weighted by Gasteiger charge is 2.24. The van der Waals surface area contributed by atoms with Gasteiger partial charge in [0.1, 0.15) is 16.7 Å². The molecule has 0 bridgehead atoms. The maximum atomic E-state index is 13.9. The molecule has 1 atom stereocenters. The Balaban J connectivity index is 1.24. The van der Waals surface area contributed by atoms with Crippen molar-refractivity contribution in [2.24, 2.45) is 0 Å². The molecule has 260 valence electrons. The van der Waals surface area contributed by atoms with Gasteiger partial charge < -0.3 is 20.7 Å². The number of hydrogen-bond acceptors (Lipinski definition) is 7. The minimum absolute atomic E-state index is 0.0363. The number of carbonyl (C=O) groups is 3. The van der Waals surface area contributed by atoms with E-state index in [1.807, 2.05) is 117 Å². The summed E-state index contributed by atoms with van der Waals surface area (Å²) >= 11 is 2.79. The Morgan fingerprint density at radius 3 is 2.21 bits per heavy atom. The Hall–Kier alpha value is -5.97. The lowest BCUT2D eigenvalue weighted by Crippen LogP contribution is -2.30. The summed E-state index contributed by atoms with van der Waals surface area (Å²) in [6.07, 6.45) is 1.60. The van der Waals surface area contributed by atoms with Crippen LogP contribution >= 0.6 is 23.1 Å². The Labute approximate surface area is 311 Å². The maximum Gasteiger partial charge on any atom is 0.272 e. The van der Waals surface area contributed by atoms with Crippen molar-refractivity contribution in [3.05, 3.63) is 167 Å². The lowest BCUT2D eigenvalue weighted by molar-refractivity contribution is -0.116. The fourth-order valence-electron chi connectivity index (χ4n) is 5.35. The van der Waals surface area contributed by atoms with Crippen molar-refractivity contribution in [1.82, 2.24) is 10.3 Å². The first-order chi connectivity index (χ1) is 25.4. The van der Waals surface area contributed by atoms with Gasteiger partial charge in [-0.3, -0.25) is 14.4 Å². The molecule has 0 aliphatic rings. The molecule has 5 aromatic carbocycles. The molecule has 0 aliphatic heterocycles. The number of nitrogens with zero attached hydrogens (tertiary/aromatic N) is 1. The van der Waals surface area contributed by atoms with Crippen LogP contribution in [0.4, 0.5) is 10.8 Å². The zero-order chi connectivity index (χ0) is 36.3. The molecule has 1 heterocycles. The van der Waals surface area contributed by atoms with E-state index in [1.165, 1.54) is 23.1 Å². The number of amides is 3. The molecular formula is C42H36N4O4S2. The number of thiazole rings is 1. The molecular weight excluding hydrogens is 689 g/mol. The van der Waals surface area contributed by atoms with Crippen molar-refractivity contribution in [2.75, 3.05) is 17.2 Å². The summed E-state index contributed by atoms with van der Waals surface area (Å²) in [5.41, 5.74) is 4.21. The highest BCUT2D eigenvalue weighted by Crippen LogP contribution is 2.38. The summed E-state index contributed by atoms with van der Waals surface area (Å²) in [5, 5.41) is 8.66. The van der Waals surface area contributed by atoms with E-state index in [1.54, 1.807) is 42.5 Å². The summed E-state index contributed by atoms with van der Waals surface area (Å²) in [7, 11) is 0. The topological polar surface area (TPSA) is 109 Å². The van der Waals surface area contributed by atoms with Crippen LogP contribution in [0.5, 0.6) is 5.75 Å². The maximum absolute atomic E-state index is 13.9. The summed E-state index contributed by atoms with van der Waals surface area (Å²) in [6.45, 7) is 4.31. The zero-order valence-corrected chi connectivity index (χ0v) is 30.2. The lowest BCUT2D eigenvalue weighted by atomic mass is 10.1. The molecule has 1 aromatic heterocycles. The number of carbonyl (C=O) groups excluding carboxylic acids is 3. The standard InChI is InChI=1S/C42H36N4O4S2/c1-3-50-36-25-14-13-22-32(36)26-35(44-39(47)31-20-11-6-12-21-31)40(48)43-33-23-15-24-34(27-33)52-38(30-18-9-5-10-19-30)41(49)46-42-45-37(28(2)51-42)29-16-7-4-8-17-29/h4-27,38H,3H2,1-2H3,(H,43,48)(H,44,47)(H,45,46,49)/b35-26+. The van der Waals surface area contributed by atoms with E-state index in [0.29, 0.717) is 34.3 Å². The van der Waals surface area contributed by atoms with E-state index < -0.39 is 17.1 Å². The van der Waals surface area contributed by atoms with Crippen LogP contribution < -0.4 is 20.7 Å². The summed E-state index contributed by atoms with van der Waals surface area (Å²) in [6, 6.07) is 42.7. The van der Waals surface area contributed by atoms with E-state index in [4.69, 9.17) is 9.72 Å². The molecule has 0 saturated carbocycles. The number of benzene rings is 5. The van der Waals surface area contributed by atoms with Crippen LogP contribution in [0.3, 0.4) is 0 Å². The Bertz CT molecular complexity index is 2190. The third-order valence-corrected chi connectivity index (χ3v) is 9.94. The molecule has 6 rings (SSSR count). The fourth-order valence-corrected chi connectivity index (χ4v) is 7.27. The molecule has 6 aromatic rings. The number of aromatic nitrogens is 1. The van der Waals surface area contributed by atoms with Gasteiger partial charge in [-0.15, -0.1) is 23.1 Å². The second kappa shape index (κ2) is 17.3. The van der Waals surface area contributed by atoms with Gasteiger partial charge in [-0.1, -0.05) is 103 Å². The molecule has 10 heteroatoms. The van der Waals surface area contributed by atoms with Crippen LogP contribution in [0.1, 0.15) is 38.5 Å². The first kappa shape index (κ1) is 35.8. The number of thioether (sulfide) groups is 1. The summed E-state index contributed by atoms with van der Waals surface area (Å²) in [4.78, 5) is 47.4. The van der Waals surface area contributed by atoms with Gasteiger partial charge in [0, 0.05) is 32.2 Å². The molecule has 8 nitrogen and oxygen atoms in total. The van der Waals surface area contributed by atoms with Crippen LogP contribution in [0.15, 0.2) is 150 Å². The van der Waals surface area contributed by atoms with Crippen molar-refractivity contribution >= 4 is 57.7 Å². The predicted octanol–water partition coefficient (Wildman–Crippen LogP) is 9.40. The average molecular weight is 725 g/mol. The van der Waals surface area contributed by atoms with E-state index in [2.05, 4.69) is 16.0 Å². The Morgan fingerprint density at radius 2 is 1.48 bits per heavy atom. The largest absolute Gasteiger partial charge is 0.493 e. The molecule has 0 saturated heterocycles. The third-order valence-electron chi connectivity index (χ3n) is 7.81. The van der Waals surface area contributed by atoms with E-state index in [-0.39, 0.29) is 11.6 Å². The number of anilines is 2. The average Bonchev–Trinajstić information content (AvgIpc) is 3.54. The SMILES string of the molecule is CCOc1ccccc1/C=C(/NC(=O)c1ccccc1)C(=O)Nc1cccc(SC(C(=O)Nc2nc(-c3ccccc3)c(C)s2)c2ccccc2)c1. The van der Waals surface area contributed by atoms with E-state index >= 15 is 0 Å². The molecule has 3 N–H and O–H groups in total. The van der Waals surface area contributed by atoms with Gasteiger partial charge >= 0.3 is 0 Å². The van der Waals surface area contributed by atoms with Gasteiger partial charge in [-0.05, 0) is 61.9 Å². The monoisotopic (exact) mass is 724 g/mol. The molecule has 0 fully saturated rings. The van der Waals surface area contributed by atoms with Crippen LogP contribution in [-0.4, -0.2) is 29.3 Å². The Morgan fingerprint density at radius 1 is 0.808 bits per heavy atom. The van der Waals surface area contributed by atoms with Crippen molar-refractivity contribution < 1.29 is 19.1 Å². The molecule has 1 unspecified atom stereocenters. The van der Waals surface area contributed by atoms with Crippen molar-refractivity contribution in [2.45, 2.75) is 24.0 Å². The first-order valence-electron chi connectivity index (χ1n) is 16.6. The van der Waals surface area contributed by atoms with Gasteiger partial charge in [0.15, 0.2) is 5.13 Å². The second-order valence-corrected chi connectivity index (χ2v) is 13.9. The molecule has 3 amide bonds. The van der Waals surface area contributed by atoms with Gasteiger partial charge in [-0.25, -0.2) is 4.98 Å². The minimum Gasteiger partial charge on any atom is -0.493 e. The smallest absolute Gasteiger partial charge is 0.272 e. The van der Waals surface area contributed by atoms with Gasteiger partial charge in [-0.2, -0.15) is 0 Å². The fraction of sp³-hybridized carbons (Fsp3) is 0.0952. The van der Waals surface area contributed by atoms with E-state index in [9.17, 15) is 14.4 Å². The van der Waals surface area contributed by atoms with Gasteiger partial charge in [0.2, 0.25) is 5.91 Å². The minimum atomic E-state index is -0.618. The first-order valence-corrected chi connectivity index (χ1v) is 18.3. The number of para-hydroxylation sites is 1. The quantitative estimate of drug-likeness (QED) is 0.0809. The van der Waals surface area contributed by atoms with Crippen molar-refractivity contribution in [3.8, 4) is 17.0 Å². The number of nitrogens with one attached hydrogen (secondary N) is 3. The number of hydrogen-bond donors (Lipinski definition) is 3. The van der Waals surface area contributed by atoms with Crippen molar-refractivity contribution in [3.63, 3.8) is 0 Å². The predicted molar refractivity (Wildman–Crippen MR) is 211 cm³/mol. The lowest BCUT2D eigenvalue weighted by Gasteiger charge is -2.17. The number of aryl methyl sites for hydroxylation is 1.